The number of aliphatic hydroxyl groups is 1. The highest BCUT2D eigenvalue weighted by molar-refractivity contribution is 5.66. The SMILES string of the molecule is C[C@H]1CC2(CN1C(=O)O)OC(O)c1ncccc12. The lowest BCUT2D eigenvalue weighted by molar-refractivity contribution is -0.168. The average molecular weight is 250 g/mol. The van der Waals surface area contributed by atoms with E-state index in [9.17, 15) is 9.90 Å². The number of aromatic nitrogens is 1. The van der Waals surface area contributed by atoms with Gasteiger partial charge in [-0.15, -0.1) is 0 Å². The predicted octanol–water partition coefficient (Wildman–Crippen LogP) is 1.07. The topological polar surface area (TPSA) is 82.9 Å². The van der Waals surface area contributed by atoms with Crippen LogP contribution in [-0.4, -0.2) is 38.8 Å². The van der Waals surface area contributed by atoms with Crippen molar-refractivity contribution in [2.24, 2.45) is 0 Å². The Labute approximate surface area is 104 Å². The van der Waals surface area contributed by atoms with E-state index in [-0.39, 0.29) is 12.6 Å². The fourth-order valence-corrected chi connectivity index (χ4v) is 2.95. The first kappa shape index (κ1) is 11.4. The van der Waals surface area contributed by atoms with Crippen LogP contribution in [0.5, 0.6) is 0 Å². The summed E-state index contributed by atoms with van der Waals surface area (Å²) in [7, 11) is 0. The Kier molecular flexibility index (Phi) is 2.33. The number of nitrogens with zero attached hydrogens (tertiary/aromatic N) is 2. The second-order valence-electron chi connectivity index (χ2n) is 4.86. The molecule has 1 aromatic rings. The molecule has 1 spiro atoms. The summed E-state index contributed by atoms with van der Waals surface area (Å²) in [5, 5.41) is 19.0. The average Bonchev–Trinajstić information content (AvgIpc) is 2.80. The van der Waals surface area contributed by atoms with Crippen LogP contribution in [-0.2, 0) is 10.3 Å². The van der Waals surface area contributed by atoms with Gasteiger partial charge in [-0.3, -0.25) is 4.98 Å². The molecule has 2 aliphatic rings. The third kappa shape index (κ3) is 1.42. The summed E-state index contributed by atoms with van der Waals surface area (Å²) < 4.78 is 5.62. The van der Waals surface area contributed by atoms with Crippen LogP contribution in [0.4, 0.5) is 4.79 Å². The zero-order valence-corrected chi connectivity index (χ0v) is 9.91. The number of rotatable bonds is 0. The molecule has 1 saturated heterocycles. The third-order valence-corrected chi connectivity index (χ3v) is 3.73. The minimum Gasteiger partial charge on any atom is -0.465 e. The van der Waals surface area contributed by atoms with Gasteiger partial charge >= 0.3 is 6.09 Å². The summed E-state index contributed by atoms with van der Waals surface area (Å²) in [4.78, 5) is 16.6. The molecule has 18 heavy (non-hydrogen) atoms. The zero-order valence-electron chi connectivity index (χ0n) is 9.91. The first-order valence-electron chi connectivity index (χ1n) is 5.84. The molecule has 1 amide bonds. The number of likely N-dealkylation sites (tertiary alicyclic amines) is 1. The van der Waals surface area contributed by atoms with Crippen molar-refractivity contribution in [1.82, 2.24) is 9.88 Å². The van der Waals surface area contributed by atoms with Crippen LogP contribution in [0.3, 0.4) is 0 Å². The van der Waals surface area contributed by atoms with Gasteiger partial charge in [0.1, 0.15) is 11.3 Å². The molecule has 3 atom stereocenters. The van der Waals surface area contributed by atoms with Crippen molar-refractivity contribution in [3.05, 3.63) is 29.6 Å². The Morgan fingerprint density at radius 1 is 1.67 bits per heavy atom. The Hall–Kier alpha value is -1.66. The first-order valence-corrected chi connectivity index (χ1v) is 5.84. The first-order chi connectivity index (χ1) is 8.53. The van der Waals surface area contributed by atoms with Crippen LogP contribution in [0.2, 0.25) is 0 Å². The van der Waals surface area contributed by atoms with Crippen molar-refractivity contribution < 1.29 is 19.7 Å². The molecule has 96 valence electrons. The monoisotopic (exact) mass is 250 g/mol. The maximum Gasteiger partial charge on any atom is 0.407 e. The summed E-state index contributed by atoms with van der Waals surface area (Å²) in [5.41, 5.74) is 0.547. The highest BCUT2D eigenvalue weighted by Crippen LogP contribution is 2.48. The van der Waals surface area contributed by atoms with Crippen LogP contribution < -0.4 is 0 Å². The number of carboxylic acid groups (broad SMARTS) is 1. The molecular weight excluding hydrogens is 236 g/mol. The highest BCUT2D eigenvalue weighted by atomic mass is 16.6. The quantitative estimate of drug-likeness (QED) is 0.719. The van der Waals surface area contributed by atoms with E-state index in [1.54, 1.807) is 12.3 Å². The van der Waals surface area contributed by atoms with E-state index in [0.717, 1.165) is 5.56 Å². The predicted molar refractivity (Wildman–Crippen MR) is 60.8 cm³/mol. The van der Waals surface area contributed by atoms with Crippen molar-refractivity contribution in [3.63, 3.8) is 0 Å². The smallest absolute Gasteiger partial charge is 0.407 e. The lowest BCUT2D eigenvalue weighted by Crippen LogP contribution is -2.35. The number of carbonyl (C=O) groups is 1. The van der Waals surface area contributed by atoms with E-state index in [4.69, 9.17) is 9.84 Å². The fourth-order valence-electron chi connectivity index (χ4n) is 2.95. The fraction of sp³-hybridized carbons (Fsp3) is 0.500. The van der Waals surface area contributed by atoms with Crippen molar-refractivity contribution in [1.29, 1.82) is 0 Å². The maximum atomic E-state index is 11.1. The summed E-state index contributed by atoms with van der Waals surface area (Å²) in [6.45, 7) is 2.08. The third-order valence-electron chi connectivity index (χ3n) is 3.73. The molecule has 2 unspecified atom stereocenters. The summed E-state index contributed by atoms with van der Waals surface area (Å²) in [6, 6.07) is 3.48. The van der Waals surface area contributed by atoms with Crippen LogP contribution in [0.1, 0.15) is 30.9 Å². The number of pyridine rings is 1. The van der Waals surface area contributed by atoms with E-state index in [1.165, 1.54) is 4.90 Å². The normalized spacial score (nSPS) is 34.0. The van der Waals surface area contributed by atoms with Gasteiger partial charge in [0.2, 0.25) is 0 Å². The molecule has 2 aliphatic heterocycles. The van der Waals surface area contributed by atoms with Gasteiger partial charge in [-0.1, -0.05) is 6.07 Å². The van der Waals surface area contributed by atoms with E-state index >= 15 is 0 Å². The zero-order chi connectivity index (χ0) is 12.9. The van der Waals surface area contributed by atoms with Crippen LogP contribution in [0.15, 0.2) is 18.3 Å². The molecule has 0 aliphatic carbocycles. The molecule has 3 heterocycles. The summed E-state index contributed by atoms with van der Waals surface area (Å²) >= 11 is 0. The number of hydrogen-bond donors (Lipinski definition) is 2. The van der Waals surface area contributed by atoms with E-state index < -0.39 is 18.0 Å². The molecule has 6 heteroatoms. The minimum absolute atomic E-state index is 0.138. The van der Waals surface area contributed by atoms with E-state index in [2.05, 4.69) is 4.98 Å². The molecule has 0 bridgehead atoms. The van der Waals surface area contributed by atoms with Crippen molar-refractivity contribution in [2.75, 3.05) is 6.54 Å². The number of aliphatic hydroxyl groups excluding tert-OH is 1. The van der Waals surface area contributed by atoms with Crippen LogP contribution >= 0.6 is 0 Å². The Balaban J connectivity index is 2.02. The largest absolute Gasteiger partial charge is 0.465 e. The molecule has 6 nitrogen and oxygen atoms in total. The van der Waals surface area contributed by atoms with E-state index in [0.29, 0.717) is 12.1 Å². The lowest BCUT2D eigenvalue weighted by Gasteiger charge is -2.23. The molecular formula is C12H14N2O4. The maximum absolute atomic E-state index is 11.1. The number of hydrogen-bond acceptors (Lipinski definition) is 4. The Bertz CT molecular complexity index is 507. The summed E-state index contributed by atoms with van der Waals surface area (Å²) in [5.74, 6) is 0. The van der Waals surface area contributed by atoms with Crippen LogP contribution in [0, 0.1) is 0 Å². The van der Waals surface area contributed by atoms with Gasteiger partial charge in [-0.05, 0) is 13.0 Å². The van der Waals surface area contributed by atoms with Gasteiger partial charge in [0.05, 0.1) is 6.54 Å². The molecule has 0 saturated carbocycles. The van der Waals surface area contributed by atoms with Crippen molar-refractivity contribution >= 4 is 6.09 Å². The molecule has 1 fully saturated rings. The van der Waals surface area contributed by atoms with E-state index in [1.807, 2.05) is 13.0 Å². The Morgan fingerprint density at radius 2 is 2.44 bits per heavy atom. The lowest BCUT2D eigenvalue weighted by atomic mass is 9.92. The molecule has 0 radical (unpaired) electrons. The van der Waals surface area contributed by atoms with Crippen LogP contribution in [0.25, 0.3) is 0 Å². The molecule has 0 aromatic carbocycles. The van der Waals surface area contributed by atoms with Gasteiger partial charge in [0.15, 0.2) is 6.29 Å². The Morgan fingerprint density at radius 3 is 3.11 bits per heavy atom. The van der Waals surface area contributed by atoms with Gasteiger partial charge in [0, 0.05) is 24.2 Å². The number of fused-ring (bicyclic) bond motifs is 2. The van der Waals surface area contributed by atoms with Gasteiger partial charge in [0.25, 0.3) is 0 Å². The second kappa shape index (κ2) is 3.66. The van der Waals surface area contributed by atoms with Gasteiger partial charge < -0.3 is 19.8 Å². The van der Waals surface area contributed by atoms with Gasteiger partial charge in [-0.25, -0.2) is 4.79 Å². The molecule has 2 N–H and O–H groups in total. The minimum atomic E-state index is -1.07. The van der Waals surface area contributed by atoms with Gasteiger partial charge in [-0.2, -0.15) is 0 Å². The van der Waals surface area contributed by atoms with Crippen molar-refractivity contribution in [3.8, 4) is 0 Å². The molecule has 1 aromatic heterocycles. The number of ether oxygens (including phenoxy) is 1. The molecule has 3 rings (SSSR count). The number of amides is 1. The second-order valence-corrected chi connectivity index (χ2v) is 4.86. The summed E-state index contributed by atoms with van der Waals surface area (Å²) in [6.07, 6.45) is 0.101. The van der Waals surface area contributed by atoms with Crippen molar-refractivity contribution in [2.45, 2.75) is 31.3 Å². The highest BCUT2D eigenvalue weighted by Gasteiger charge is 2.53. The standard InChI is InChI=1S/C12H14N2O4/c1-7-5-12(6-14(7)11(16)17)8-3-2-4-13-9(8)10(15)18-12/h2-4,7,10,15H,5-6H2,1H3,(H,16,17)/t7-,10?,12?/m0/s1.